The van der Waals surface area contributed by atoms with E-state index >= 15 is 0 Å². The third kappa shape index (κ3) is 1.93. The van der Waals surface area contributed by atoms with Gasteiger partial charge in [-0.25, -0.2) is 4.98 Å². The highest BCUT2D eigenvalue weighted by atomic mass is 35.5. The van der Waals surface area contributed by atoms with E-state index in [1.165, 1.54) is 5.69 Å². The van der Waals surface area contributed by atoms with Crippen LogP contribution in [0.1, 0.15) is 17.0 Å². The average molecular weight is 238 g/mol. The number of fused-ring (bicyclic) bond motifs is 1. The molecule has 0 amide bonds. The highest BCUT2D eigenvalue weighted by Gasteiger charge is 2.12. The van der Waals surface area contributed by atoms with Gasteiger partial charge in [-0.05, 0) is 39.6 Å². The molecule has 2 heterocycles. The van der Waals surface area contributed by atoms with Crippen LogP contribution in [0.15, 0.2) is 12.3 Å². The van der Waals surface area contributed by atoms with Gasteiger partial charge >= 0.3 is 0 Å². The number of aromatic nitrogens is 2. The van der Waals surface area contributed by atoms with Crippen molar-refractivity contribution in [2.24, 2.45) is 0 Å². The van der Waals surface area contributed by atoms with Crippen LogP contribution in [-0.4, -0.2) is 28.4 Å². The van der Waals surface area contributed by atoms with Crippen LogP contribution in [0.4, 0.5) is 0 Å². The lowest BCUT2D eigenvalue weighted by Crippen LogP contribution is -2.13. The van der Waals surface area contributed by atoms with Gasteiger partial charge in [0, 0.05) is 12.7 Å². The number of halogens is 1. The summed E-state index contributed by atoms with van der Waals surface area (Å²) >= 11 is 6.19. The lowest BCUT2D eigenvalue weighted by atomic mass is 10.3. The van der Waals surface area contributed by atoms with Gasteiger partial charge in [-0.3, -0.25) is 0 Å². The van der Waals surface area contributed by atoms with Crippen LogP contribution in [0.5, 0.6) is 0 Å². The van der Waals surface area contributed by atoms with Crippen molar-refractivity contribution in [1.29, 1.82) is 0 Å². The fourth-order valence-electron chi connectivity index (χ4n) is 1.88. The molecule has 0 aromatic carbocycles. The molecule has 86 valence electrons. The highest BCUT2D eigenvalue weighted by molar-refractivity contribution is 6.33. The number of nitrogens with zero attached hydrogens (tertiary/aromatic N) is 3. The molecule has 0 saturated heterocycles. The first-order valence-electron chi connectivity index (χ1n) is 5.27. The van der Waals surface area contributed by atoms with E-state index in [9.17, 15) is 0 Å². The Labute approximate surface area is 101 Å². The van der Waals surface area contributed by atoms with Crippen LogP contribution in [0.3, 0.4) is 0 Å². The molecule has 16 heavy (non-hydrogen) atoms. The Morgan fingerprint density at radius 1 is 1.38 bits per heavy atom. The minimum Gasteiger partial charge on any atom is -0.304 e. The summed E-state index contributed by atoms with van der Waals surface area (Å²) in [5, 5.41) is 0.716. The van der Waals surface area contributed by atoms with E-state index in [0.717, 1.165) is 23.4 Å². The maximum atomic E-state index is 6.19. The summed E-state index contributed by atoms with van der Waals surface area (Å²) in [7, 11) is 4.10. The summed E-state index contributed by atoms with van der Waals surface area (Å²) in [6, 6.07) is 1.95. The molecule has 0 bridgehead atoms. The van der Waals surface area contributed by atoms with Gasteiger partial charge in [-0.15, -0.1) is 0 Å². The Balaban J connectivity index is 2.68. The highest BCUT2D eigenvalue weighted by Crippen LogP contribution is 2.22. The zero-order valence-corrected chi connectivity index (χ0v) is 10.8. The second kappa shape index (κ2) is 4.07. The molecular formula is C12H16ClN3. The first-order chi connectivity index (χ1) is 7.49. The molecule has 0 fully saturated rings. The van der Waals surface area contributed by atoms with Crippen LogP contribution in [0.25, 0.3) is 5.65 Å². The molecule has 0 radical (unpaired) electrons. The standard InChI is InChI=1S/C12H16ClN3/c1-8-5-10(13)12-14-9(2)11(7-15(3)4)16(12)6-8/h5-6H,7H2,1-4H3. The first-order valence-corrected chi connectivity index (χ1v) is 5.65. The third-order valence-electron chi connectivity index (χ3n) is 2.58. The number of hydrogen-bond acceptors (Lipinski definition) is 2. The molecule has 4 heteroatoms. The molecule has 0 spiro atoms. The van der Waals surface area contributed by atoms with Gasteiger partial charge in [0.1, 0.15) is 0 Å². The normalized spacial score (nSPS) is 11.6. The van der Waals surface area contributed by atoms with E-state index in [0.29, 0.717) is 5.02 Å². The number of rotatable bonds is 2. The summed E-state index contributed by atoms with van der Waals surface area (Å²) in [6.07, 6.45) is 2.08. The molecule has 0 atom stereocenters. The summed E-state index contributed by atoms with van der Waals surface area (Å²) in [5.41, 5.74) is 4.24. The lowest BCUT2D eigenvalue weighted by molar-refractivity contribution is 0.394. The average Bonchev–Trinajstić information content (AvgIpc) is 2.45. The van der Waals surface area contributed by atoms with Crippen LogP contribution in [0.2, 0.25) is 5.02 Å². The molecule has 0 unspecified atom stereocenters. The molecule has 2 rings (SSSR count). The van der Waals surface area contributed by atoms with Gasteiger partial charge in [0.05, 0.1) is 16.4 Å². The van der Waals surface area contributed by atoms with Gasteiger partial charge in [-0.1, -0.05) is 11.6 Å². The fraction of sp³-hybridized carbons (Fsp3) is 0.417. The van der Waals surface area contributed by atoms with E-state index in [4.69, 9.17) is 11.6 Å². The van der Waals surface area contributed by atoms with Crippen molar-refractivity contribution in [3.63, 3.8) is 0 Å². The quantitative estimate of drug-likeness (QED) is 0.801. The van der Waals surface area contributed by atoms with Crippen molar-refractivity contribution >= 4 is 17.2 Å². The molecule has 0 N–H and O–H groups in total. The molecule has 0 aliphatic carbocycles. The van der Waals surface area contributed by atoms with Crippen LogP contribution < -0.4 is 0 Å². The van der Waals surface area contributed by atoms with Crippen LogP contribution in [-0.2, 0) is 6.54 Å². The van der Waals surface area contributed by atoms with Gasteiger partial charge in [0.2, 0.25) is 0 Å². The van der Waals surface area contributed by atoms with Gasteiger partial charge < -0.3 is 9.30 Å². The van der Waals surface area contributed by atoms with Crippen molar-refractivity contribution in [2.45, 2.75) is 20.4 Å². The second-order valence-corrected chi connectivity index (χ2v) is 4.85. The maximum Gasteiger partial charge on any atom is 0.156 e. The van der Waals surface area contributed by atoms with E-state index in [1.54, 1.807) is 0 Å². The predicted octanol–water partition coefficient (Wildman–Crippen LogP) is 2.67. The molecule has 3 nitrogen and oxygen atoms in total. The minimum atomic E-state index is 0.716. The van der Waals surface area contributed by atoms with Crippen LogP contribution >= 0.6 is 11.6 Å². The SMILES string of the molecule is Cc1cc(Cl)c2nc(C)c(CN(C)C)n2c1. The van der Waals surface area contributed by atoms with Crippen molar-refractivity contribution < 1.29 is 0 Å². The topological polar surface area (TPSA) is 20.5 Å². The fourth-order valence-corrected chi connectivity index (χ4v) is 2.19. The van der Waals surface area contributed by atoms with Crippen molar-refractivity contribution in [2.75, 3.05) is 14.1 Å². The van der Waals surface area contributed by atoms with Crippen molar-refractivity contribution in [3.05, 3.63) is 34.2 Å². The number of aryl methyl sites for hydroxylation is 2. The van der Waals surface area contributed by atoms with E-state index in [-0.39, 0.29) is 0 Å². The zero-order valence-electron chi connectivity index (χ0n) is 10.1. The van der Waals surface area contributed by atoms with E-state index in [1.807, 2.05) is 19.9 Å². The monoisotopic (exact) mass is 237 g/mol. The largest absolute Gasteiger partial charge is 0.304 e. The lowest BCUT2D eigenvalue weighted by Gasteiger charge is -2.10. The minimum absolute atomic E-state index is 0.716. The summed E-state index contributed by atoms with van der Waals surface area (Å²) < 4.78 is 2.09. The smallest absolute Gasteiger partial charge is 0.156 e. The molecular weight excluding hydrogens is 222 g/mol. The molecule has 0 aliphatic heterocycles. The Kier molecular flexibility index (Phi) is 2.91. The van der Waals surface area contributed by atoms with E-state index < -0.39 is 0 Å². The number of imidazole rings is 1. The number of pyridine rings is 1. The zero-order chi connectivity index (χ0) is 11.9. The Hall–Kier alpha value is -1.06. The van der Waals surface area contributed by atoms with Crippen molar-refractivity contribution in [3.8, 4) is 0 Å². The number of hydrogen-bond donors (Lipinski definition) is 0. The summed E-state index contributed by atoms with van der Waals surface area (Å²) in [4.78, 5) is 6.64. The van der Waals surface area contributed by atoms with Crippen molar-refractivity contribution in [1.82, 2.24) is 14.3 Å². The third-order valence-corrected chi connectivity index (χ3v) is 2.86. The predicted molar refractivity (Wildman–Crippen MR) is 67.1 cm³/mol. The Morgan fingerprint density at radius 3 is 2.69 bits per heavy atom. The van der Waals surface area contributed by atoms with Gasteiger partial charge in [0.25, 0.3) is 0 Å². The first kappa shape index (κ1) is 11.4. The van der Waals surface area contributed by atoms with Gasteiger partial charge in [0.15, 0.2) is 5.65 Å². The van der Waals surface area contributed by atoms with Gasteiger partial charge in [-0.2, -0.15) is 0 Å². The molecule has 2 aromatic rings. The summed E-state index contributed by atoms with van der Waals surface area (Å²) in [5.74, 6) is 0. The molecule has 2 aromatic heterocycles. The Bertz CT molecular complexity index is 529. The van der Waals surface area contributed by atoms with E-state index in [2.05, 4.69) is 34.6 Å². The maximum absolute atomic E-state index is 6.19. The van der Waals surface area contributed by atoms with Crippen LogP contribution in [0, 0.1) is 13.8 Å². The second-order valence-electron chi connectivity index (χ2n) is 4.44. The Morgan fingerprint density at radius 2 is 2.06 bits per heavy atom. The molecule has 0 aliphatic rings. The summed E-state index contributed by atoms with van der Waals surface area (Å²) in [6.45, 7) is 4.93. The molecule has 0 saturated carbocycles.